The summed E-state index contributed by atoms with van der Waals surface area (Å²) in [5.74, 6) is 0.985. The monoisotopic (exact) mass is 275 g/mol. The van der Waals surface area contributed by atoms with E-state index < -0.39 is 10.0 Å². The fraction of sp³-hybridized carbons (Fsp3) is 0.800. The molecule has 0 spiro atoms. The van der Waals surface area contributed by atoms with Crippen LogP contribution in [0, 0.1) is 6.92 Å². The first-order valence-corrected chi connectivity index (χ1v) is 7.66. The molecule has 1 unspecified atom stereocenters. The molecule has 1 aliphatic rings. The number of hydrogen-bond acceptors (Lipinski definition) is 6. The molecular weight excluding hydrogens is 258 g/mol. The second-order valence-corrected chi connectivity index (χ2v) is 6.41. The van der Waals surface area contributed by atoms with Crippen LogP contribution in [0.4, 0.5) is 0 Å². The Hall–Kier alpha value is -0.990. The third-order valence-corrected chi connectivity index (χ3v) is 4.10. The van der Waals surface area contributed by atoms with Crippen LogP contribution < -0.4 is 0 Å². The van der Waals surface area contributed by atoms with Gasteiger partial charge in [0.1, 0.15) is 6.61 Å². The van der Waals surface area contributed by atoms with Gasteiger partial charge in [-0.05, 0) is 12.8 Å². The quantitative estimate of drug-likeness (QED) is 0.786. The molecule has 0 radical (unpaired) electrons. The Balaban J connectivity index is 1.86. The highest BCUT2D eigenvalue weighted by atomic mass is 32.2. The lowest BCUT2D eigenvalue weighted by atomic mass is 10.1. The Morgan fingerprint density at radius 1 is 1.56 bits per heavy atom. The number of aryl methyl sites for hydroxylation is 1. The zero-order valence-corrected chi connectivity index (χ0v) is 11.3. The van der Waals surface area contributed by atoms with Gasteiger partial charge < -0.3 is 9.26 Å². The molecule has 0 aromatic carbocycles. The molecule has 1 atom stereocenters. The van der Waals surface area contributed by atoms with Crippen molar-refractivity contribution in [3.63, 3.8) is 0 Å². The minimum Gasteiger partial charge on any atom is -0.369 e. The van der Waals surface area contributed by atoms with Crippen molar-refractivity contribution >= 4 is 10.0 Å². The molecule has 102 valence electrons. The van der Waals surface area contributed by atoms with Crippen LogP contribution in [0.3, 0.4) is 0 Å². The van der Waals surface area contributed by atoms with Gasteiger partial charge in [-0.1, -0.05) is 5.16 Å². The van der Waals surface area contributed by atoms with E-state index in [1.54, 1.807) is 6.92 Å². The van der Waals surface area contributed by atoms with E-state index in [1.165, 1.54) is 10.6 Å². The Kier molecular flexibility index (Phi) is 3.98. The van der Waals surface area contributed by atoms with Gasteiger partial charge in [0.25, 0.3) is 0 Å². The molecule has 1 fully saturated rings. The van der Waals surface area contributed by atoms with Gasteiger partial charge in [-0.25, -0.2) is 8.42 Å². The first kappa shape index (κ1) is 13.4. The van der Waals surface area contributed by atoms with Crippen molar-refractivity contribution < 1.29 is 17.7 Å². The molecule has 18 heavy (non-hydrogen) atoms. The number of rotatable bonds is 4. The lowest BCUT2D eigenvalue weighted by Gasteiger charge is -2.30. The minimum atomic E-state index is -3.13. The smallest absolute Gasteiger partial charge is 0.223 e. The molecule has 0 N–H and O–H groups in total. The van der Waals surface area contributed by atoms with Gasteiger partial charge >= 0.3 is 0 Å². The third kappa shape index (κ3) is 3.50. The molecule has 1 saturated heterocycles. The summed E-state index contributed by atoms with van der Waals surface area (Å²) in [7, 11) is -3.13. The summed E-state index contributed by atoms with van der Waals surface area (Å²) >= 11 is 0. The molecule has 1 aromatic heterocycles. The first-order chi connectivity index (χ1) is 8.45. The van der Waals surface area contributed by atoms with Crippen LogP contribution in [0.1, 0.15) is 24.6 Å². The predicted octanol–water partition coefficient (Wildman–Crippen LogP) is 0.319. The van der Waals surface area contributed by atoms with Crippen LogP contribution in [-0.4, -0.2) is 48.3 Å². The highest BCUT2D eigenvalue weighted by Crippen LogP contribution is 2.16. The summed E-state index contributed by atoms with van der Waals surface area (Å²) < 4.78 is 34.8. The average molecular weight is 275 g/mol. The Bertz CT molecular complexity index is 499. The lowest BCUT2D eigenvalue weighted by molar-refractivity contribution is 0.00451. The standard InChI is InChI=1S/C10H17N3O4S/c1-8-11-10(12-17-8)7-16-9-4-3-5-13(6-9)18(2,14)15/h9H,3-7H2,1-2H3. The Labute approximate surface area is 106 Å². The Morgan fingerprint density at radius 2 is 2.33 bits per heavy atom. The summed E-state index contributed by atoms with van der Waals surface area (Å²) in [4.78, 5) is 4.03. The van der Waals surface area contributed by atoms with Crippen molar-refractivity contribution in [2.45, 2.75) is 32.5 Å². The first-order valence-electron chi connectivity index (χ1n) is 5.81. The second kappa shape index (κ2) is 5.33. The van der Waals surface area contributed by atoms with Crippen LogP contribution in [0.15, 0.2) is 4.52 Å². The number of piperidine rings is 1. The van der Waals surface area contributed by atoms with Crippen molar-refractivity contribution in [2.24, 2.45) is 0 Å². The molecule has 8 heteroatoms. The van der Waals surface area contributed by atoms with Gasteiger partial charge in [-0.2, -0.15) is 9.29 Å². The van der Waals surface area contributed by atoms with E-state index >= 15 is 0 Å². The lowest BCUT2D eigenvalue weighted by Crippen LogP contribution is -2.42. The molecule has 0 amide bonds. The van der Waals surface area contributed by atoms with E-state index in [-0.39, 0.29) is 12.7 Å². The van der Waals surface area contributed by atoms with Crippen LogP contribution in [0.5, 0.6) is 0 Å². The topological polar surface area (TPSA) is 85.5 Å². The summed E-state index contributed by atoms with van der Waals surface area (Å²) in [6, 6.07) is 0. The van der Waals surface area contributed by atoms with Crippen LogP contribution >= 0.6 is 0 Å². The average Bonchev–Trinajstić information content (AvgIpc) is 2.72. The van der Waals surface area contributed by atoms with Crippen molar-refractivity contribution in [1.29, 1.82) is 0 Å². The molecular formula is C10H17N3O4S. The van der Waals surface area contributed by atoms with Gasteiger partial charge in [0, 0.05) is 20.0 Å². The number of sulfonamides is 1. The molecule has 7 nitrogen and oxygen atoms in total. The van der Waals surface area contributed by atoms with Crippen LogP contribution in [-0.2, 0) is 21.4 Å². The van der Waals surface area contributed by atoms with E-state index in [0.717, 1.165) is 12.8 Å². The maximum absolute atomic E-state index is 11.4. The van der Waals surface area contributed by atoms with Gasteiger partial charge in [0.15, 0.2) is 5.82 Å². The van der Waals surface area contributed by atoms with Gasteiger partial charge in [0.05, 0.1) is 12.4 Å². The molecule has 2 heterocycles. The fourth-order valence-corrected chi connectivity index (χ4v) is 2.83. The predicted molar refractivity (Wildman–Crippen MR) is 63.3 cm³/mol. The molecule has 2 rings (SSSR count). The zero-order chi connectivity index (χ0) is 13.2. The molecule has 0 bridgehead atoms. The van der Waals surface area contributed by atoms with Crippen molar-refractivity contribution in [3.05, 3.63) is 11.7 Å². The summed E-state index contributed by atoms with van der Waals surface area (Å²) in [6.07, 6.45) is 2.77. The third-order valence-electron chi connectivity index (χ3n) is 2.83. The number of hydrogen-bond donors (Lipinski definition) is 0. The van der Waals surface area contributed by atoms with E-state index in [4.69, 9.17) is 9.26 Å². The highest BCUT2D eigenvalue weighted by Gasteiger charge is 2.26. The maximum atomic E-state index is 11.4. The van der Waals surface area contributed by atoms with E-state index in [0.29, 0.717) is 24.8 Å². The maximum Gasteiger partial charge on any atom is 0.223 e. The second-order valence-electron chi connectivity index (χ2n) is 4.43. The van der Waals surface area contributed by atoms with Crippen LogP contribution in [0.2, 0.25) is 0 Å². The molecule has 1 aliphatic heterocycles. The van der Waals surface area contributed by atoms with Gasteiger partial charge in [-0.15, -0.1) is 0 Å². The number of ether oxygens (including phenoxy) is 1. The van der Waals surface area contributed by atoms with E-state index in [2.05, 4.69) is 10.1 Å². The van der Waals surface area contributed by atoms with Crippen molar-refractivity contribution in [3.8, 4) is 0 Å². The normalized spacial score (nSPS) is 22.2. The number of aromatic nitrogens is 2. The zero-order valence-electron chi connectivity index (χ0n) is 10.5. The minimum absolute atomic E-state index is 0.104. The molecule has 1 aromatic rings. The van der Waals surface area contributed by atoms with Crippen molar-refractivity contribution in [1.82, 2.24) is 14.4 Å². The van der Waals surface area contributed by atoms with Gasteiger partial charge in [0.2, 0.25) is 15.9 Å². The summed E-state index contributed by atoms with van der Waals surface area (Å²) in [6.45, 7) is 2.93. The summed E-state index contributed by atoms with van der Waals surface area (Å²) in [5, 5.41) is 3.72. The summed E-state index contributed by atoms with van der Waals surface area (Å²) in [5.41, 5.74) is 0. The largest absolute Gasteiger partial charge is 0.369 e. The van der Waals surface area contributed by atoms with E-state index in [9.17, 15) is 8.42 Å². The Morgan fingerprint density at radius 3 is 2.94 bits per heavy atom. The molecule has 0 saturated carbocycles. The van der Waals surface area contributed by atoms with Crippen molar-refractivity contribution in [2.75, 3.05) is 19.3 Å². The van der Waals surface area contributed by atoms with Gasteiger partial charge in [-0.3, -0.25) is 0 Å². The van der Waals surface area contributed by atoms with Crippen LogP contribution in [0.25, 0.3) is 0 Å². The number of nitrogens with zero attached hydrogens (tertiary/aromatic N) is 3. The SMILES string of the molecule is Cc1nc(COC2CCCN(S(C)(=O)=O)C2)no1. The molecule has 0 aliphatic carbocycles. The highest BCUT2D eigenvalue weighted by molar-refractivity contribution is 7.88. The fourth-order valence-electron chi connectivity index (χ4n) is 1.93. The van der Waals surface area contributed by atoms with E-state index in [1.807, 2.05) is 0 Å².